The van der Waals surface area contributed by atoms with Gasteiger partial charge in [0.2, 0.25) is 5.91 Å². The lowest BCUT2D eigenvalue weighted by atomic mass is 10.1. The van der Waals surface area contributed by atoms with Gasteiger partial charge in [0.25, 0.3) is 0 Å². The number of amides is 3. The van der Waals surface area contributed by atoms with Gasteiger partial charge in [-0.1, -0.05) is 30.3 Å². The van der Waals surface area contributed by atoms with Crippen LogP contribution < -0.4 is 5.32 Å². The molecule has 0 unspecified atom stereocenters. The van der Waals surface area contributed by atoms with Crippen molar-refractivity contribution in [3.05, 3.63) is 86.9 Å². The molecule has 1 aromatic heterocycles. The Morgan fingerprint density at radius 1 is 0.941 bits per heavy atom. The summed E-state index contributed by atoms with van der Waals surface area (Å²) in [7, 11) is 0. The van der Waals surface area contributed by atoms with Crippen LogP contribution in [0.25, 0.3) is 0 Å². The highest BCUT2D eigenvalue weighted by molar-refractivity contribution is 7.10. The van der Waals surface area contributed by atoms with E-state index in [1.165, 1.54) is 12.1 Å². The SMILES string of the molecule is Cc1ccsc1CN(Cc1ccc(F)cc1)C(=O)CN(C(=O)Nc1c(C)cccc1C)C(C)C. The van der Waals surface area contributed by atoms with Crippen LogP contribution in [0.2, 0.25) is 0 Å². The smallest absolute Gasteiger partial charge is 0.322 e. The van der Waals surface area contributed by atoms with E-state index in [-0.39, 0.29) is 30.3 Å². The number of anilines is 1. The Bertz CT molecular complexity index is 1120. The van der Waals surface area contributed by atoms with E-state index in [0.717, 1.165) is 32.8 Å². The van der Waals surface area contributed by atoms with Crippen molar-refractivity contribution in [2.75, 3.05) is 11.9 Å². The zero-order valence-electron chi connectivity index (χ0n) is 20.4. The molecule has 3 aromatic rings. The number of benzene rings is 2. The molecule has 2 aromatic carbocycles. The van der Waals surface area contributed by atoms with Crippen LogP contribution in [0, 0.1) is 26.6 Å². The average Bonchev–Trinajstić information content (AvgIpc) is 3.19. The molecule has 0 radical (unpaired) electrons. The predicted molar refractivity (Wildman–Crippen MR) is 136 cm³/mol. The largest absolute Gasteiger partial charge is 0.332 e. The van der Waals surface area contributed by atoms with Gasteiger partial charge >= 0.3 is 6.03 Å². The molecule has 1 N–H and O–H groups in total. The molecule has 34 heavy (non-hydrogen) atoms. The first-order valence-electron chi connectivity index (χ1n) is 11.3. The summed E-state index contributed by atoms with van der Waals surface area (Å²) < 4.78 is 13.4. The van der Waals surface area contributed by atoms with Crippen molar-refractivity contribution in [1.82, 2.24) is 9.80 Å². The average molecular weight is 482 g/mol. The van der Waals surface area contributed by atoms with Crippen molar-refractivity contribution in [1.29, 1.82) is 0 Å². The Morgan fingerprint density at radius 2 is 1.59 bits per heavy atom. The minimum Gasteiger partial charge on any atom is -0.332 e. The van der Waals surface area contributed by atoms with E-state index in [1.807, 2.05) is 64.3 Å². The summed E-state index contributed by atoms with van der Waals surface area (Å²) >= 11 is 1.60. The first-order chi connectivity index (χ1) is 16.2. The molecule has 3 rings (SSSR count). The highest BCUT2D eigenvalue weighted by Gasteiger charge is 2.25. The maximum atomic E-state index is 13.5. The number of hydrogen-bond acceptors (Lipinski definition) is 3. The van der Waals surface area contributed by atoms with Gasteiger partial charge in [0.1, 0.15) is 12.4 Å². The number of rotatable bonds is 8. The van der Waals surface area contributed by atoms with E-state index in [9.17, 15) is 14.0 Å². The van der Waals surface area contributed by atoms with Crippen LogP contribution in [-0.4, -0.2) is 34.3 Å². The van der Waals surface area contributed by atoms with Crippen LogP contribution in [0.3, 0.4) is 0 Å². The molecule has 0 aliphatic carbocycles. The van der Waals surface area contributed by atoms with Crippen LogP contribution in [0.5, 0.6) is 0 Å². The molecule has 0 saturated carbocycles. The summed E-state index contributed by atoms with van der Waals surface area (Å²) in [6.45, 7) is 10.4. The number of thiophene rings is 1. The fourth-order valence-corrected chi connectivity index (χ4v) is 4.63. The summed E-state index contributed by atoms with van der Waals surface area (Å²) in [6.07, 6.45) is 0. The predicted octanol–water partition coefficient (Wildman–Crippen LogP) is 6.28. The lowest BCUT2D eigenvalue weighted by Gasteiger charge is -2.30. The highest BCUT2D eigenvalue weighted by atomic mass is 32.1. The van der Waals surface area contributed by atoms with Crippen molar-refractivity contribution in [2.24, 2.45) is 0 Å². The van der Waals surface area contributed by atoms with Gasteiger partial charge in [0.05, 0.1) is 6.54 Å². The monoisotopic (exact) mass is 481 g/mol. The third kappa shape index (κ3) is 6.44. The number of halogens is 1. The summed E-state index contributed by atoms with van der Waals surface area (Å²) in [6, 6.07) is 13.5. The molecule has 0 aliphatic heterocycles. The van der Waals surface area contributed by atoms with Crippen LogP contribution >= 0.6 is 11.3 Å². The first kappa shape index (κ1) is 25.4. The molecular formula is C27H32FN3O2S. The Labute approximate surface area is 205 Å². The van der Waals surface area contributed by atoms with Crippen molar-refractivity contribution in [2.45, 2.75) is 53.8 Å². The van der Waals surface area contributed by atoms with Gasteiger partial charge < -0.3 is 15.1 Å². The molecule has 0 bridgehead atoms. The molecule has 1 heterocycles. The van der Waals surface area contributed by atoms with E-state index < -0.39 is 0 Å². The summed E-state index contributed by atoms with van der Waals surface area (Å²) in [4.78, 5) is 31.0. The van der Waals surface area contributed by atoms with E-state index in [2.05, 4.69) is 5.32 Å². The number of carbonyl (C=O) groups is 2. The van der Waals surface area contributed by atoms with Gasteiger partial charge in [-0.2, -0.15) is 0 Å². The zero-order valence-corrected chi connectivity index (χ0v) is 21.2. The molecule has 0 spiro atoms. The third-order valence-electron chi connectivity index (χ3n) is 5.84. The maximum Gasteiger partial charge on any atom is 0.322 e. The second-order valence-electron chi connectivity index (χ2n) is 8.82. The lowest BCUT2D eigenvalue weighted by Crippen LogP contribution is -2.47. The first-order valence-corrected chi connectivity index (χ1v) is 12.2. The van der Waals surface area contributed by atoms with Crippen LogP contribution in [0.1, 0.15) is 41.0 Å². The molecule has 0 atom stereocenters. The normalized spacial score (nSPS) is 10.9. The van der Waals surface area contributed by atoms with Crippen molar-refractivity contribution in [3.8, 4) is 0 Å². The summed E-state index contributed by atoms with van der Waals surface area (Å²) in [5.74, 6) is -0.479. The Kier molecular flexibility index (Phi) is 8.45. The zero-order chi connectivity index (χ0) is 24.8. The molecule has 5 nitrogen and oxygen atoms in total. The highest BCUT2D eigenvalue weighted by Crippen LogP contribution is 2.22. The number of urea groups is 1. The van der Waals surface area contributed by atoms with Gasteiger partial charge in [-0.25, -0.2) is 9.18 Å². The molecule has 0 aliphatic rings. The van der Waals surface area contributed by atoms with Crippen LogP contribution in [0.15, 0.2) is 53.9 Å². The van der Waals surface area contributed by atoms with Gasteiger partial charge in [-0.3, -0.25) is 4.79 Å². The van der Waals surface area contributed by atoms with Gasteiger partial charge in [0, 0.05) is 23.2 Å². The molecule has 180 valence electrons. The van der Waals surface area contributed by atoms with Crippen LogP contribution in [0.4, 0.5) is 14.9 Å². The van der Waals surface area contributed by atoms with Crippen molar-refractivity contribution in [3.63, 3.8) is 0 Å². The Morgan fingerprint density at radius 3 is 2.15 bits per heavy atom. The van der Waals surface area contributed by atoms with Gasteiger partial charge in [-0.05, 0) is 80.5 Å². The minimum atomic E-state index is -0.315. The van der Waals surface area contributed by atoms with Crippen molar-refractivity contribution >= 4 is 29.0 Å². The van der Waals surface area contributed by atoms with E-state index in [1.54, 1.807) is 33.3 Å². The molecule has 7 heteroatoms. The topological polar surface area (TPSA) is 52.7 Å². The lowest BCUT2D eigenvalue weighted by molar-refractivity contribution is -0.133. The third-order valence-corrected chi connectivity index (χ3v) is 6.85. The van der Waals surface area contributed by atoms with Gasteiger partial charge in [-0.15, -0.1) is 11.3 Å². The number of nitrogens with zero attached hydrogens (tertiary/aromatic N) is 2. The quantitative estimate of drug-likeness (QED) is 0.411. The van der Waals surface area contributed by atoms with E-state index in [4.69, 9.17) is 0 Å². The second-order valence-corrected chi connectivity index (χ2v) is 9.82. The van der Waals surface area contributed by atoms with E-state index >= 15 is 0 Å². The summed E-state index contributed by atoms with van der Waals surface area (Å²) in [5, 5.41) is 5.00. The standard InChI is InChI=1S/C27H32FN3O2S/c1-18(2)31(27(33)29-26-20(4)7-6-8-21(26)5)17-25(32)30(16-24-19(3)13-14-34-24)15-22-9-11-23(28)12-10-22/h6-14,18H,15-17H2,1-5H3,(H,29,33). The second kappa shape index (κ2) is 11.3. The fourth-order valence-electron chi connectivity index (χ4n) is 3.71. The minimum absolute atomic E-state index is 0.0555. The number of carbonyl (C=O) groups excluding carboxylic acids is 2. The van der Waals surface area contributed by atoms with Crippen LogP contribution in [-0.2, 0) is 17.9 Å². The van der Waals surface area contributed by atoms with Gasteiger partial charge in [0.15, 0.2) is 0 Å². The molecule has 0 fully saturated rings. The number of para-hydroxylation sites is 1. The van der Waals surface area contributed by atoms with E-state index in [0.29, 0.717) is 13.1 Å². The fraction of sp³-hybridized carbons (Fsp3) is 0.333. The number of hydrogen-bond donors (Lipinski definition) is 1. The number of aryl methyl sites for hydroxylation is 3. The molecular weight excluding hydrogens is 449 g/mol. The molecule has 0 saturated heterocycles. The Hall–Kier alpha value is -3.19. The Balaban J connectivity index is 1.80. The number of nitrogens with one attached hydrogen (secondary N) is 1. The summed E-state index contributed by atoms with van der Waals surface area (Å²) in [5.41, 5.74) is 4.65. The maximum absolute atomic E-state index is 13.5. The van der Waals surface area contributed by atoms with Crippen molar-refractivity contribution < 1.29 is 14.0 Å². The molecule has 3 amide bonds.